The van der Waals surface area contributed by atoms with Crippen LogP contribution >= 0.6 is 0 Å². The molecule has 0 saturated heterocycles. The van der Waals surface area contributed by atoms with Crippen molar-refractivity contribution in [3.05, 3.63) is 0 Å². The number of carbonyl (C=O) groups is 2. The molecule has 52 heavy (non-hydrogen) atoms. The van der Waals surface area contributed by atoms with Crippen molar-refractivity contribution in [2.75, 3.05) is 32.8 Å². The van der Waals surface area contributed by atoms with Gasteiger partial charge >= 0.3 is 5.97 Å². The van der Waals surface area contributed by atoms with Crippen LogP contribution in [0.1, 0.15) is 240 Å². The Bertz CT molecular complexity index is 674. The largest absolute Gasteiger partial charge is 0.465 e. The van der Waals surface area contributed by atoms with E-state index in [0.717, 1.165) is 51.7 Å². The van der Waals surface area contributed by atoms with Crippen molar-refractivity contribution >= 4 is 12.4 Å². The molecule has 0 amide bonds. The molecular formula is C46H93NO5. The van der Waals surface area contributed by atoms with Gasteiger partial charge in [-0.2, -0.15) is 0 Å². The minimum Gasteiger partial charge on any atom is -0.465 e. The van der Waals surface area contributed by atoms with Crippen LogP contribution in [0.15, 0.2) is 0 Å². The Balaban J connectivity index is 0. The third kappa shape index (κ3) is 41.6. The summed E-state index contributed by atoms with van der Waals surface area (Å²) in [4.78, 5) is 25.1. The Morgan fingerprint density at radius 2 is 0.885 bits per heavy atom. The van der Waals surface area contributed by atoms with Gasteiger partial charge in [0.15, 0.2) is 0 Å². The Hall–Kier alpha value is -1.14. The molecule has 0 rings (SSSR count). The summed E-state index contributed by atoms with van der Waals surface area (Å²) in [6.45, 7) is 15.5. The van der Waals surface area contributed by atoms with E-state index in [1.54, 1.807) is 0 Å². The molecule has 1 unspecified atom stereocenters. The number of hydrogen-bond donors (Lipinski definition) is 1. The van der Waals surface area contributed by atoms with Crippen LogP contribution in [0.5, 0.6) is 0 Å². The first-order chi connectivity index (χ1) is 25.5. The number of esters is 1. The van der Waals surface area contributed by atoms with Gasteiger partial charge in [0.1, 0.15) is 6.10 Å². The molecule has 6 nitrogen and oxygen atoms in total. The molecule has 0 aliphatic rings. The maximum absolute atomic E-state index is 12.1. The zero-order valence-corrected chi connectivity index (χ0v) is 35.9. The second-order valence-corrected chi connectivity index (χ2v) is 15.7. The molecule has 1 atom stereocenters. The third-order valence-electron chi connectivity index (χ3n) is 10.5. The Morgan fingerprint density at radius 1 is 0.519 bits per heavy atom. The number of nitrogens with zero attached hydrogens (tertiary/aromatic N) is 1. The van der Waals surface area contributed by atoms with Gasteiger partial charge in [-0.25, -0.2) is 0 Å². The van der Waals surface area contributed by atoms with Crippen LogP contribution in [0, 0.1) is 5.92 Å². The number of rotatable bonds is 41. The highest BCUT2D eigenvalue weighted by atomic mass is 16.5. The number of unbranched alkanes of at least 4 members (excludes halogenated alkanes) is 24. The fraction of sp³-hybridized carbons (Fsp3) is 0.957. The van der Waals surface area contributed by atoms with Gasteiger partial charge in [-0.3, -0.25) is 9.59 Å². The monoisotopic (exact) mass is 740 g/mol. The summed E-state index contributed by atoms with van der Waals surface area (Å²) in [7, 11) is 0. The van der Waals surface area contributed by atoms with Crippen molar-refractivity contribution in [2.45, 2.75) is 246 Å². The average Bonchev–Trinajstić information content (AvgIpc) is 3.15. The lowest BCUT2D eigenvalue weighted by atomic mass is 10.0. The molecule has 1 N–H and O–H groups in total. The third-order valence-corrected chi connectivity index (χ3v) is 10.5. The summed E-state index contributed by atoms with van der Waals surface area (Å²) in [6.07, 6.45) is 40.2. The molecule has 0 aromatic rings. The van der Waals surface area contributed by atoms with E-state index in [2.05, 4.69) is 32.6 Å². The highest BCUT2D eigenvalue weighted by Gasteiger charge is 2.14. The van der Waals surface area contributed by atoms with E-state index in [1.807, 2.05) is 6.92 Å². The lowest BCUT2D eigenvalue weighted by molar-refractivity contribution is -0.148. The van der Waals surface area contributed by atoms with Gasteiger partial charge < -0.3 is 19.5 Å². The van der Waals surface area contributed by atoms with Crippen molar-refractivity contribution in [1.82, 2.24) is 4.90 Å². The van der Waals surface area contributed by atoms with Gasteiger partial charge in [-0.1, -0.05) is 189 Å². The fourth-order valence-corrected chi connectivity index (χ4v) is 6.89. The molecule has 0 aliphatic heterocycles. The highest BCUT2D eigenvalue weighted by Crippen LogP contribution is 2.17. The molecule has 0 aromatic heterocycles. The van der Waals surface area contributed by atoms with Gasteiger partial charge in [-0.05, 0) is 64.5 Å². The number of ether oxygens (including phenoxy) is 2. The molecule has 0 bridgehead atoms. The van der Waals surface area contributed by atoms with Gasteiger partial charge in [0.25, 0.3) is 6.47 Å². The zero-order valence-electron chi connectivity index (χ0n) is 35.9. The summed E-state index contributed by atoms with van der Waals surface area (Å²) in [6, 6.07) is 0. The van der Waals surface area contributed by atoms with Crippen LogP contribution < -0.4 is 0 Å². The lowest BCUT2D eigenvalue weighted by Crippen LogP contribution is -2.29. The Kier molecular flexibility index (Phi) is 46.9. The average molecular weight is 740 g/mol. The molecule has 0 heterocycles. The number of aliphatic hydroxyl groups excluding tert-OH is 1. The second-order valence-electron chi connectivity index (χ2n) is 15.7. The maximum atomic E-state index is 12.1. The minimum atomic E-state index is -0.0101. The van der Waals surface area contributed by atoms with Crippen LogP contribution in [0.2, 0.25) is 0 Å². The van der Waals surface area contributed by atoms with Gasteiger partial charge in [-0.15, -0.1) is 0 Å². The number of hydrogen-bond acceptors (Lipinski definition) is 6. The van der Waals surface area contributed by atoms with Crippen LogP contribution in [0.3, 0.4) is 0 Å². The van der Waals surface area contributed by atoms with E-state index in [9.17, 15) is 14.7 Å². The molecule has 0 aliphatic carbocycles. The summed E-state index contributed by atoms with van der Waals surface area (Å²) in [5.74, 6) is 0.0159. The van der Waals surface area contributed by atoms with Crippen LogP contribution in [0.4, 0.5) is 0 Å². The van der Waals surface area contributed by atoms with Gasteiger partial charge in [0.05, 0.1) is 19.1 Å². The predicted molar refractivity (Wildman–Crippen MR) is 225 cm³/mol. The van der Waals surface area contributed by atoms with Crippen molar-refractivity contribution in [3.8, 4) is 0 Å². The van der Waals surface area contributed by atoms with E-state index in [0.29, 0.717) is 13.1 Å². The van der Waals surface area contributed by atoms with Gasteiger partial charge in [0.2, 0.25) is 0 Å². The Morgan fingerprint density at radius 3 is 1.29 bits per heavy atom. The van der Waals surface area contributed by atoms with E-state index in [4.69, 9.17) is 9.47 Å². The SMILES string of the molecule is CCCCCCCCC(CCCCCCCC)OC=O.CCCCCCCCCOC(=O)C(C)CCCCCCN(CCO)CCCCCCCC. The molecular weight excluding hydrogens is 647 g/mol. The number of carbonyl (C=O) groups excluding carboxylic acids is 2. The summed E-state index contributed by atoms with van der Waals surface area (Å²) < 4.78 is 10.7. The quantitative estimate of drug-likeness (QED) is 0.0382. The number of aliphatic hydroxyl groups is 1. The van der Waals surface area contributed by atoms with Crippen LogP contribution in [0.25, 0.3) is 0 Å². The minimum absolute atomic E-state index is 0.0101. The van der Waals surface area contributed by atoms with E-state index in [-0.39, 0.29) is 24.6 Å². The highest BCUT2D eigenvalue weighted by molar-refractivity contribution is 5.71. The molecule has 0 spiro atoms. The molecule has 0 aromatic carbocycles. The van der Waals surface area contributed by atoms with Crippen molar-refractivity contribution in [2.24, 2.45) is 5.92 Å². The molecule has 312 valence electrons. The normalized spacial score (nSPS) is 11.8. The molecule has 0 saturated carbocycles. The van der Waals surface area contributed by atoms with Crippen molar-refractivity contribution in [1.29, 1.82) is 0 Å². The fourth-order valence-electron chi connectivity index (χ4n) is 6.89. The lowest BCUT2D eigenvalue weighted by Gasteiger charge is -2.21. The van der Waals surface area contributed by atoms with E-state index >= 15 is 0 Å². The topological polar surface area (TPSA) is 76.1 Å². The molecule has 0 radical (unpaired) electrons. The maximum Gasteiger partial charge on any atom is 0.308 e. The molecule has 0 fully saturated rings. The summed E-state index contributed by atoms with van der Waals surface area (Å²) in [5.41, 5.74) is 0. The summed E-state index contributed by atoms with van der Waals surface area (Å²) in [5, 5.41) is 9.31. The van der Waals surface area contributed by atoms with Crippen LogP contribution in [-0.4, -0.2) is 61.4 Å². The first kappa shape index (κ1) is 53.0. The van der Waals surface area contributed by atoms with Crippen LogP contribution in [-0.2, 0) is 19.1 Å². The molecule has 6 heteroatoms. The summed E-state index contributed by atoms with van der Waals surface area (Å²) >= 11 is 0. The first-order valence-electron chi connectivity index (χ1n) is 23.1. The zero-order chi connectivity index (χ0) is 38.6. The van der Waals surface area contributed by atoms with E-state index < -0.39 is 0 Å². The smallest absolute Gasteiger partial charge is 0.308 e. The second kappa shape index (κ2) is 46.0. The van der Waals surface area contributed by atoms with E-state index in [1.165, 1.54) is 173 Å². The standard InChI is InChI=1S/C28H57NO3.C18H36O2/c1-4-6-8-10-12-16-20-26-32-28(31)27(3)21-17-13-15-19-23-29(24-25-30)22-18-14-11-9-7-5-2;1-3-5-7-9-11-13-15-18(20-17-19)16-14-12-10-8-6-4-2/h27,30H,4-26H2,1-3H3;17-18H,3-16H2,1-2H3. The first-order valence-corrected chi connectivity index (χ1v) is 23.1. The Labute approximate surface area is 325 Å². The van der Waals surface area contributed by atoms with Gasteiger partial charge in [0, 0.05) is 6.54 Å². The van der Waals surface area contributed by atoms with Crippen molar-refractivity contribution < 1.29 is 24.2 Å². The van der Waals surface area contributed by atoms with Crippen molar-refractivity contribution in [3.63, 3.8) is 0 Å². The predicted octanol–water partition coefficient (Wildman–Crippen LogP) is 13.6.